The first kappa shape index (κ1) is 32.4. The first-order chi connectivity index (χ1) is 17.7. The van der Waals surface area contributed by atoms with Crippen LogP contribution in [0.5, 0.6) is 0 Å². The summed E-state index contributed by atoms with van der Waals surface area (Å²) in [7, 11) is 0. The van der Waals surface area contributed by atoms with Gasteiger partial charge in [0.2, 0.25) is 0 Å². The predicted octanol–water partition coefficient (Wildman–Crippen LogP) is 3.97. The van der Waals surface area contributed by atoms with Crippen LogP contribution in [0.4, 0.5) is 5.69 Å². The van der Waals surface area contributed by atoms with E-state index in [0.29, 0.717) is 59.8 Å². The van der Waals surface area contributed by atoms with Gasteiger partial charge in [-0.25, -0.2) is 9.59 Å². The van der Waals surface area contributed by atoms with Crippen LogP contribution in [-0.2, 0) is 25.5 Å². The molecule has 37 heavy (non-hydrogen) atoms. The monoisotopic (exact) mass is 556 g/mol. The zero-order chi connectivity index (χ0) is 27.5. The lowest BCUT2D eigenvalue weighted by Gasteiger charge is -2.14. The minimum absolute atomic E-state index is 0.328. The van der Waals surface area contributed by atoms with Crippen molar-refractivity contribution in [1.29, 1.82) is 0 Å². The molecule has 1 unspecified atom stereocenters. The quantitative estimate of drug-likeness (QED) is 0.117. The fourth-order valence-electron chi connectivity index (χ4n) is 2.94. The number of halogens is 2. The number of nitrogen functional groups attached to an aromatic ring is 1. The molecule has 0 aromatic heterocycles. The molecule has 2 aromatic carbocycles. The highest BCUT2D eigenvalue weighted by molar-refractivity contribution is 6.38. The summed E-state index contributed by atoms with van der Waals surface area (Å²) >= 11 is 12.0. The van der Waals surface area contributed by atoms with E-state index in [1.807, 2.05) is 6.07 Å². The molecule has 11 heteroatoms. The average molecular weight is 557 g/mol. The Morgan fingerprint density at radius 2 is 1.46 bits per heavy atom. The largest absolute Gasteiger partial charge is 0.478 e. The number of aliphatic hydroxyl groups excluding tert-OH is 1. The van der Waals surface area contributed by atoms with Crippen molar-refractivity contribution in [3.63, 3.8) is 0 Å². The molecular formula is C26H34Cl2N2O7. The molecule has 0 saturated carbocycles. The molecule has 0 saturated heterocycles. The van der Waals surface area contributed by atoms with Crippen LogP contribution < -0.4 is 11.1 Å². The number of nitrogens with one attached hydrogen (secondary N) is 1. The van der Waals surface area contributed by atoms with E-state index < -0.39 is 18.0 Å². The molecule has 0 bridgehead atoms. The van der Waals surface area contributed by atoms with Gasteiger partial charge in [0.1, 0.15) is 0 Å². The molecular weight excluding hydrogens is 523 g/mol. The van der Waals surface area contributed by atoms with Gasteiger partial charge in [-0.2, -0.15) is 0 Å². The molecule has 9 nitrogen and oxygen atoms in total. The summed E-state index contributed by atoms with van der Waals surface area (Å²) in [4.78, 5) is 19.1. The van der Waals surface area contributed by atoms with Crippen LogP contribution >= 0.6 is 23.2 Å². The lowest BCUT2D eigenvalue weighted by molar-refractivity contribution is -0.134. The molecule has 0 aliphatic heterocycles. The third-order valence-corrected chi connectivity index (χ3v) is 5.43. The second kappa shape index (κ2) is 19.5. The molecule has 0 spiro atoms. The topological polar surface area (TPSA) is 151 Å². The van der Waals surface area contributed by atoms with Gasteiger partial charge in [-0.1, -0.05) is 53.5 Å². The standard InChI is InChI=1S/C22H30Cl2N2O3.C4H4O4/c23-19-14-18(15-20(24)22(19)25)21(27)16-26-9-5-11-29-13-12-28-10-4-8-17-6-2-1-3-7-17;5-3(6)1-2-4(7)8/h1-3,6-7,14-15,21,26-27H,4-5,8-13,16,25H2;1-2H,(H,5,6)(H,7,8)/b;2-1+. The molecule has 0 aliphatic carbocycles. The maximum absolute atomic E-state index is 10.2. The van der Waals surface area contributed by atoms with Crippen LogP contribution in [0.2, 0.25) is 10.0 Å². The van der Waals surface area contributed by atoms with Gasteiger partial charge in [0.15, 0.2) is 0 Å². The molecule has 0 heterocycles. The molecule has 0 fully saturated rings. The average Bonchev–Trinajstić information content (AvgIpc) is 2.87. The lowest BCUT2D eigenvalue weighted by Crippen LogP contribution is -2.23. The van der Waals surface area contributed by atoms with Crippen molar-refractivity contribution in [2.75, 3.05) is 45.3 Å². The Bertz CT molecular complexity index is 936. The van der Waals surface area contributed by atoms with E-state index in [1.165, 1.54) is 5.56 Å². The Balaban J connectivity index is 0.000000738. The normalized spacial score (nSPS) is 11.6. The zero-order valence-corrected chi connectivity index (χ0v) is 22.0. The van der Waals surface area contributed by atoms with Gasteiger partial charge >= 0.3 is 11.9 Å². The third kappa shape index (κ3) is 15.9. The van der Waals surface area contributed by atoms with Crippen LogP contribution in [0.25, 0.3) is 0 Å². The summed E-state index contributed by atoms with van der Waals surface area (Å²) in [6.07, 6.45) is 3.32. The first-order valence-corrected chi connectivity index (χ1v) is 12.4. The van der Waals surface area contributed by atoms with Crippen molar-refractivity contribution < 1.29 is 34.4 Å². The van der Waals surface area contributed by atoms with Crippen molar-refractivity contribution in [2.24, 2.45) is 0 Å². The summed E-state index contributed by atoms with van der Waals surface area (Å²) in [6.45, 7) is 3.75. The summed E-state index contributed by atoms with van der Waals surface area (Å²) in [5, 5.41) is 29.7. The Kier molecular flexibility index (Phi) is 17.0. The van der Waals surface area contributed by atoms with Crippen molar-refractivity contribution in [2.45, 2.75) is 25.4 Å². The summed E-state index contributed by atoms with van der Waals surface area (Å²) < 4.78 is 11.1. The van der Waals surface area contributed by atoms with E-state index >= 15 is 0 Å². The lowest BCUT2D eigenvalue weighted by atomic mass is 10.1. The number of rotatable bonds is 16. The van der Waals surface area contributed by atoms with Gasteiger partial charge < -0.3 is 35.8 Å². The maximum atomic E-state index is 10.2. The third-order valence-electron chi connectivity index (χ3n) is 4.80. The maximum Gasteiger partial charge on any atom is 0.328 e. The number of aliphatic carboxylic acids is 2. The summed E-state index contributed by atoms with van der Waals surface area (Å²) in [6, 6.07) is 13.7. The SMILES string of the molecule is Nc1c(Cl)cc(C(O)CNCCCOCCOCCCc2ccccc2)cc1Cl.O=C(O)/C=C/C(=O)O. The van der Waals surface area contributed by atoms with Gasteiger partial charge in [0.25, 0.3) is 0 Å². The molecule has 2 aromatic rings. The highest BCUT2D eigenvalue weighted by Crippen LogP contribution is 2.31. The number of aliphatic hydroxyl groups is 1. The molecule has 204 valence electrons. The van der Waals surface area contributed by atoms with Crippen LogP contribution in [-0.4, -0.2) is 66.8 Å². The van der Waals surface area contributed by atoms with E-state index in [4.69, 9.17) is 48.6 Å². The fourth-order valence-corrected chi connectivity index (χ4v) is 3.44. The highest BCUT2D eigenvalue weighted by Gasteiger charge is 2.11. The predicted molar refractivity (Wildman–Crippen MR) is 144 cm³/mol. The number of aryl methyl sites for hydroxylation is 1. The van der Waals surface area contributed by atoms with Crippen molar-refractivity contribution in [3.8, 4) is 0 Å². The second-order valence-corrected chi connectivity index (χ2v) is 8.61. The van der Waals surface area contributed by atoms with Gasteiger partial charge in [-0.05, 0) is 49.1 Å². The number of carbonyl (C=O) groups is 2. The van der Waals surface area contributed by atoms with Crippen molar-refractivity contribution in [1.82, 2.24) is 5.32 Å². The molecule has 0 radical (unpaired) electrons. The van der Waals surface area contributed by atoms with Crippen LogP contribution in [0, 0.1) is 0 Å². The smallest absolute Gasteiger partial charge is 0.328 e. The van der Waals surface area contributed by atoms with Gasteiger partial charge in [0, 0.05) is 31.9 Å². The van der Waals surface area contributed by atoms with Crippen LogP contribution in [0.1, 0.15) is 30.1 Å². The highest BCUT2D eigenvalue weighted by atomic mass is 35.5. The number of nitrogens with two attached hydrogens (primary N) is 1. The number of benzene rings is 2. The first-order valence-electron chi connectivity index (χ1n) is 11.7. The minimum atomic E-state index is -1.26. The van der Waals surface area contributed by atoms with E-state index in [-0.39, 0.29) is 0 Å². The zero-order valence-electron chi connectivity index (χ0n) is 20.4. The molecule has 6 N–H and O–H groups in total. The van der Waals surface area contributed by atoms with Crippen LogP contribution in [0.3, 0.4) is 0 Å². The van der Waals surface area contributed by atoms with Crippen molar-refractivity contribution in [3.05, 3.63) is 75.8 Å². The summed E-state index contributed by atoms with van der Waals surface area (Å²) in [5.41, 5.74) is 8.01. The molecule has 0 aliphatic rings. The number of ether oxygens (including phenoxy) is 2. The number of carboxylic acids is 2. The van der Waals surface area contributed by atoms with Gasteiger partial charge in [-0.3, -0.25) is 0 Å². The molecule has 1 atom stereocenters. The molecule has 2 rings (SSSR count). The Morgan fingerprint density at radius 1 is 0.919 bits per heavy atom. The fraction of sp³-hybridized carbons (Fsp3) is 0.385. The van der Waals surface area contributed by atoms with E-state index in [1.54, 1.807) is 12.1 Å². The second-order valence-electron chi connectivity index (χ2n) is 7.80. The number of carboxylic acid groups (broad SMARTS) is 2. The van der Waals surface area contributed by atoms with E-state index in [2.05, 4.69) is 29.6 Å². The van der Waals surface area contributed by atoms with Crippen LogP contribution in [0.15, 0.2) is 54.6 Å². The Hall–Kier alpha value is -2.66. The minimum Gasteiger partial charge on any atom is -0.478 e. The summed E-state index contributed by atoms with van der Waals surface area (Å²) in [5.74, 6) is -2.51. The van der Waals surface area contributed by atoms with Crippen molar-refractivity contribution >= 4 is 40.8 Å². The number of hydrogen-bond donors (Lipinski definition) is 5. The van der Waals surface area contributed by atoms with Gasteiger partial charge in [0.05, 0.1) is 35.1 Å². The number of hydrogen-bond acceptors (Lipinski definition) is 7. The molecule has 0 amide bonds. The number of anilines is 1. The van der Waals surface area contributed by atoms with E-state index in [0.717, 1.165) is 32.4 Å². The Morgan fingerprint density at radius 3 is 2.00 bits per heavy atom. The van der Waals surface area contributed by atoms with Gasteiger partial charge in [-0.15, -0.1) is 0 Å². The van der Waals surface area contributed by atoms with E-state index in [9.17, 15) is 14.7 Å². The Labute approximate surface area is 226 Å².